The number of hydrogen-bond acceptors (Lipinski definition) is 7. The van der Waals surface area contributed by atoms with E-state index in [9.17, 15) is 24.5 Å². The maximum absolute atomic E-state index is 13.3. The lowest BCUT2D eigenvalue weighted by Gasteiger charge is -2.53. The maximum Gasteiger partial charge on any atom is 0.330 e. The highest BCUT2D eigenvalue weighted by molar-refractivity contribution is 7.99. The molecule has 0 aromatic heterocycles. The van der Waals surface area contributed by atoms with E-state index in [1.807, 2.05) is 4.90 Å². The molecule has 0 aliphatic carbocycles. The number of nitrogens with one attached hydrogen (secondary N) is 1. The zero-order valence-corrected chi connectivity index (χ0v) is 15.5. The first-order valence-corrected chi connectivity index (χ1v) is 9.84. The van der Waals surface area contributed by atoms with Crippen LogP contribution in [0.1, 0.15) is 12.5 Å². The number of rotatable bonds is 2. The molecule has 4 rings (SSSR count). The van der Waals surface area contributed by atoms with Crippen molar-refractivity contribution in [3.63, 3.8) is 0 Å². The van der Waals surface area contributed by atoms with Crippen molar-refractivity contribution in [2.24, 2.45) is 5.41 Å². The minimum Gasteiger partial charge on any atom is -0.365 e. The van der Waals surface area contributed by atoms with Crippen LogP contribution in [0.3, 0.4) is 0 Å². The molecule has 27 heavy (non-hydrogen) atoms. The normalized spacial score (nSPS) is 27.3. The standard InChI is InChI=1S/C17H18N4O5S/c1-2-19-15(23)17(14(22)18-16(19)24)8-10-7-11(21(25)26)3-4-12(10)20-5-6-27-9-13(17)20/h3-4,7,13H,2,5-6,8-9H2,1H3,(H,18,22,24)/t13-,17+/m0/s1. The molecule has 3 heterocycles. The van der Waals surface area contributed by atoms with Crippen LogP contribution in [0.5, 0.6) is 0 Å². The Morgan fingerprint density at radius 3 is 2.85 bits per heavy atom. The molecule has 4 amide bonds. The van der Waals surface area contributed by atoms with Crippen LogP contribution in [0, 0.1) is 15.5 Å². The average molecular weight is 390 g/mol. The van der Waals surface area contributed by atoms with Crippen LogP contribution in [0.25, 0.3) is 0 Å². The van der Waals surface area contributed by atoms with Gasteiger partial charge in [-0.25, -0.2) is 4.79 Å². The maximum atomic E-state index is 13.3. The summed E-state index contributed by atoms with van der Waals surface area (Å²) in [5.41, 5.74) is -0.140. The smallest absolute Gasteiger partial charge is 0.330 e. The molecule has 142 valence electrons. The van der Waals surface area contributed by atoms with E-state index < -0.39 is 34.2 Å². The van der Waals surface area contributed by atoms with E-state index >= 15 is 0 Å². The Morgan fingerprint density at radius 1 is 1.37 bits per heavy atom. The Hall–Kier alpha value is -2.62. The van der Waals surface area contributed by atoms with Gasteiger partial charge in [-0.2, -0.15) is 11.8 Å². The van der Waals surface area contributed by atoms with Crippen LogP contribution in [0.15, 0.2) is 18.2 Å². The summed E-state index contributed by atoms with van der Waals surface area (Å²) < 4.78 is 0. The number of carbonyl (C=O) groups excluding carboxylic acids is 3. The number of nitrogens with zero attached hydrogens (tertiary/aromatic N) is 3. The summed E-state index contributed by atoms with van der Waals surface area (Å²) in [6.45, 7) is 2.46. The van der Waals surface area contributed by atoms with E-state index in [2.05, 4.69) is 5.32 Å². The number of anilines is 1. The van der Waals surface area contributed by atoms with E-state index in [1.165, 1.54) is 12.1 Å². The molecule has 3 aliphatic heterocycles. The molecule has 2 saturated heterocycles. The number of non-ortho nitro benzene ring substituents is 1. The third-order valence-electron chi connectivity index (χ3n) is 5.56. The first-order chi connectivity index (χ1) is 12.9. The number of thioether (sulfide) groups is 1. The lowest BCUT2D eigenvalue weighted by atomic mass is 9.69. The number of urea groups is 1. The Bertz CT molecular complexity index is 875. The number of benzene rings is 1. The third kappa shape index (κ3) is 2.43. The summed E-state index contributed by atoms with van der Waals surface area (Å²) >= 11 is 1.66. The van der Waals surface area contributed by atoms with Crippen LogP contribution in [-0.4, -0.2) is 58.3 Å². The number of nitro benzene ring substituents is 1. The Balaban J connectivity index is 1.89. The summed E-state index contributed by atoms with van der Waals surface area (Å²) in [7, 11) is 0. The van der Waals surface area contributed by atoms with E-state index in [-0.39, 0.29) is 18.7 Å². The zero-order chi connectivity index (χ0) is 19.3. The second-order valence-electron chi connectivity index (χ2n) is 6.81. The van der Waals surface area contributed by atoms with Crippen molar-refractivity contribution >= 4 is 41.0 Å². The number of fused-ring (bicyclic) bond motifs is 4. The highest BCUT2D eigenvalue weighted by Crippen LogP contribution is 2.47. The molecule has 0 unspecified atom stereocenters. The second kappa shape index (κ2) is 6.22. The van der Waals surface area contributed by atoms with Gasteiger partial charge >= 0.3 is 6.03 Å². The van der Waals surface area contributed by atoms with Crippen molar-refractivity contribution < 1.29 is 19.3 Å². The number of barbiturate groups is 1. The molecule has 1 N–H and O–H groups in total. The average Bonchev–Trinajstić information content (AvgIpc) is 2.66. The molecule has 9 nitrogen and oxygen atoms in total. The molecule has 0 radical (unpaired) electrons. The van der Waals surface area contributed by atoms with E-state index in [0.717, 1.165) is 16.3 Å². The third-order valence-corrected chi connectivity index (χ3v) is 6.59. The van der Waals surface area contributed by atoms with Crippen molar-refractivity contribution in [1.82, 2.24) is 10.2 Å². The van der Waals surface area contributed by atoms with Crippen LogP contribution < -0.4 is 10.2 Å². The molecule has 0 saturated carbocycles. The van der Waals surface area contributed by atoms with Gasteiger partial charge in [0.2, 0.25) is 11.8 Å². The fraction of sp³-hybridized carbons (Fsp3) is 0.471. The molecule has 10 heteroatoms. The summed E-state index contributed by atoms with van der Waals surface area (Å²) in [4.78, 5) is 52.1. The van der Waals surface area contributed by atoms with E-state index in [1.54, 1.807) is 24.8 Å². The largest absolute Gasteiger partial charge is 0.365 e. The second-order valence-corrected chi connectivity index (χ2v) is 7.96. The molecular formula is C17H18N4O5S. The monoisotopic (exact) mass is 390 g/mol. The minimum atomic E-state index is -1.46. The fourth-order valence-corrected chi connectivity index (χ4v) is 5.45. The molecule has 1 spiro atoms. The number of carbonyl (C=O) groups is 3. The number of hydrogen-bond donors (Lipinski definition) is 1. The number of nitro groups is 1. The molecule has 1 aromatic carbocycles. The fourth-order valence-electron chi connectivity index (χ4n) is 4.27. The zero-order valence-electron chi connectivity index (χ0n) is 14.6. The SMILES string of the molecule is CCN1C(=O)NC(=O)[C@]2(Cc3cc([N+](=O)[O-])ccc3N3CCSC[C@H]32)C1=O. The lowest BCUT2D eigenvalue weighted by molar-refractivity contribution is -0.384. The van der Waals surface area contributed by atoms with Crippen LogP contribution in [0.4, 0.5) is 16.2 Å². The molecule has 3 aliphatic rings. The predicted molar refractivity (Wildman–Crippen MR) is 98.6 cm³/mol. The summed E-state index contributed by atoms with van der Waals surface area (Å²) in [5, 5.41) is 13.5. The number of imide groups is 2. The van der Waals surface area contributed by atoms with Crippen molar-refractivity contribution in [2.75, 3.05) is 29.5 Å². The van der Waals surface area contributed by atoms with Crippen molar-refractivity contribution in [1.29, 1.82) is 0 Å². The Kier molecular flexibility index (Phi) is 4.10. The minimum absolute atomic E-state index is 0.0419. The van der Waals surface area contributed by atoms with Gasteiger partial charge in [0.05, 0.1) is 11.0 Å². The molecule has 1 aromatic rings. The van der Waals surface area contributed by atoms with Gasteiger partial charge in [0.15, 0.2) is 5.41 Å². The summed E-state index contributed by atoms with van der Waals surface area (Å²) in [6, 6.07) is 3.46. The first kappa shape index (κ1) is 17.8. The van der Waals surface area contributed by atoms with Crippen LogP contribution in [-0.2, 0) is 16.0 Å². The van der Waals surface area contributed by atoms with Gasteiger partial charge in [-0.05, 0) is 18.6 Å². The predicted octanol–water partition coefficient (Wildman–Crippen LogP) is 1.16. The van der Waals surface area contributed by atoms with Gasteiger partial charge in [-0.15, -0.1) is 0 Å². The summed E-state index contributed by atoms with van der Waals surface area (Å²) in [5.74, 6) is 0.265. The highest BCUT2D eigenvalue weighted by atomic mass is 32.2. The quantitative estimate of drug-likeness (QED) is 0.458. The van der Waals surface area contributed by atoms with Gasteiger partial charge in [0.25, 0.3) is 5.69 Å². The van der Waals surface area contributed by atoms with Crippen LogP contribution in [0.2, 0.25) is 0 Å². The van der Waals surface area contributed by atoms with E-state index in [4.69, 9.17) is 0 Å². The van der Waals surface area contributed by atoms with Crippen molar-refractivity contribution in [3.8, 4) is 0 Å². The highest BCUT2D eigenvalue weighted by Gasteiger charge is 2.62. The van der Waals surface area contributed by atoms with Crippen molar-refractivity contribution in [2.45, 2.75) is 19.4 Å². The van der Waals surface area contributed by atoms with Gasteiger partial charge in [0, 0.05) is 48.8 Å². The molecular weight excluding hydrogens is 372 g/mol. The van der Waals surface area contributed by atoms with Crippen LogP contribution >= 0.6 is 11.8 Å². The van der Waals surface area contributed by atoms with E-state index in [0.29, 0.717) is 17.9 Å². The number of amides is 4. The Labute approximate surface area is 159 Å². The summed E-state index contributed by atoms with van der Waals surface area (Å²) in [6.07, 6.45) is 0.0419. The topological polar surface area (TPSA) is 113 Å². The lowest BCUT2D eigenvalue weighted by Crippen LogP contribution is -2.73. The molecule has 2 fully saturated rings. The molecule has 2 atom stereocenters. The van der Waals surface area contributed by atoms with Gasteiger partial charge in [0.1, 0.15) is 0 Å². The van der Waals surface area contributed by atoms with Crippen molar-refractivity contribution in [3.05, 3.63) is 33.9 Å². The Morgan fingerprint density at radius 2 is 2.15 bits per heavy atom. The van der Waals surface area contributed by atoms with Gasteiger partial charge in [-0.1, -0.05) is 0 Å². The first-order valence-electron chi connectivity index (χ1n) is 8.69. The van der Waals surface area contributed by atoms with Gasteiger partial charge in [-0.3, -0.25) is 29.9 Å². The van der Waals surface area contributed by atoms with Gasteiger partial charge < -0.3 is 4.90 Å². The molecule has 0 bridgehead atoms.